The zero-order valence-corrected chi connectivity index (χ0v) is 13.3. The number of nitrogens with zero attached hydrogens (tertiary/aromatic N) is 3. The summed E-state index contributed by atoms with van der Waals surface area (Å²) in [4.78, 5) is 18.9. The Morgan fingerprint density at radius 3 is 2.81 bits per heavy atom. The van der Waals surface area contributed by atoms with Gasteiger partial charge < -0.3 is 14.8 Å². The third-order valence-corrected chi connectivity index (χ3v) is 4.01. The minimum absolute atomic E-state index is 0.00970. The van der Waals surface area contributed by atoms with Gasteiger partial charge in [0.05, 0.1) is 0 Å². The zero-order chi connectivity index (χ0) is 15.1. The van der Waals surface area contributed by atoms with E-state index < -0.39 is 0 Å². The van der Waals surface area contributed by atoms with E-state index in [-0.39, 0.29) is 5.56 Å². The zero-order valence-electron chi connectivity index (χ0n) is 13.3. The van der Waals surface area contributed by atoms with Gasteiger partial charge in [-0.15, -0.1) is 0 Å². The summed E-state index contributed by atoms with van der Waals surface area (Å²) in [5.41, 5.74) is -0.00970. The van der Waals surface area contributed by atoms with Gasteiger partial charge in [0, 0.05) is 32.0 Å². The van der Waals surface area contributed by atoms with Crippen LogP contribution in [0.25, 0.3) is 0 Å². The number of likely N-dealkylation sites (tertiary alicyclic amines) is 1. The summed E-state index contributed by atoms with van der Waals surface area (Å²) in [6, 6.07) is 0. The average Bonchev–Trinajstić information content (AvgIpc) is 2.49. The van der Waals surface area contributed by atoms with Gasteiger partial charge in [0.15, 0.2) is 5.82 Å². The summed E-state index contributed by atoms with van der Waals surface area (Å²) in [6.45, 7) is 9.39. The lowest BCUT2D eigenvalue weighted by atomic mass is 10.1. The van der Waals surface area contributed by atoms with Gasteiger partial charge >= 0.3 is 0 Å². The fraction of sp³-hybridized carbons (Fsp3) is 0.750. The monoisotopic (exact) mass is 292 g/mol. The van der Waals surface area contributed by atoms with Gasteiger partial charge in [0.25, 0.3) is 5.56 Å². The summed E-state index contributed by atoms with van der Waals surface area (Å²) in [6.07, 6.45) is 8.43. The molecule has 0 saturated carbocycles. The average molecular weight is 292 g/mol. The molecule has 0 amide bonds. The molecule has 1 aromatic heterocycles. The SMILES string of the molecule is CCCn1ccnc(NCC(C)CN2CCCCC2)c1=O. The van der Waals surface area contributed by atoms with E-state index in [4.69, 9.17) is 0 Å². The molecule has 1 aliphatic rings. The molecular weight excluding hydrogens is 264 g/mol. The fourth-order valence-corrected chi connectivity index (χ4v) is 2.90. The van der Waals surface area contributed by atoms with Crippen LogP contribution >= 0.6 is 0 Å². The van der Waals surface area contributed by atoms with Crippen molar-refractivity contribution >= 4 is 5.82 Å². The van der Waals surface area contributed by atoms with Crippen molar-refractivity contribution in [1.29, 1.82) is 0 Å². The van der Waals surface area contributed by atoms with Crippen LogP contribution in [0.4, 0.5) is 5.82 Å². The van der Waals surface area contributed by atoms with Crippen molar-refractivity contribution in [3.8, 4) is 0 Å². The number of nitrogens with one attached hydrogen (secondary N) is 1. The lowest BCUT2D eigenvalue weighted by Crippen LogP contribution is -2.36. The Morgan fingerprint density at radius 1 is 1.33 bits per heavy atom. The molecular formula is C16H28N4O. The van der Waals surface area contributed by atoms with Crippen LogP contribution in [0.2, 0.25) is 0 Å². The van der Waals surface area contributed by atoms with Crippen LogP contribution in [0.3, 0.4) is 0 Å². The normalized spacial score (nSPS) is 17.6. The van der Waals surface area contributed by atoms with E-state index in [9.17, 15) is 4.79 Å². The van der Waals surface area contributed by atoms with E-state index in [0.29, 0.717) is 11.7 Å². The topological polar surface area (TPSA) is 50.2 Å². The second-order valence-electron chi connectivity index (χ2n) is 6.12. The van der Waals surface area contributed by atoms with Crippen molar-refractivity contribution < 1.29 is 0 Å². The van der Waals surface area contributed by atoms with Crippen LogP contribution in [-0.4, -0.2) is 40.6 Å². The van der Waals surface area contributed by atoms with Gasteiger partial charge in [-0.2, -0.15) is 0 Å². The van der Waals surface area contributed by atoms with Gasteiger partial charge in [-0.05, 0) is 38.3 Å². The molecule has 1 fully saturated rings. The smallest absolute Gasteiger partial charge is 0.293 e. The molecule has 0 radical (unpaired) electrons. The van der Waals surface area contributed by atoms with Crippen molar-refractivity contribution in [2.75, 3.05) is 31.5 Å². The molecule has 1 aliphatic heterocycles. The highest BCUT2D eigenvalue weighted by atomic mass is 16.1. The second-order valence-corrected chi connectivity index (χ2v) is 6.12. The Kier molecular flexibility index (Phi) is 6.23. The molecule has 0 bridgehead atoms. The van der Waals surface area contributed by atoms with Crippen molar-refractivity contribution in [2.24, 2.45) is 5.92 Å². The van der Waals surface area contributed by atoms with Crippen LogP contribution in [0, 0.1) is 5.92 Å². The molecule has 1 atom stereocenters. The van der Waals surface area contributed by atoms with Crippen molar-refractivity contribution in [1.82, 2.24) is 14.5 Å². The molecule has 1 saturated heterocycles. The molecule has 2 rings (SSSR count). The molecule has 1 unspecified atom stereocenters. The maximum atomic E-state index is 12.2. The first kappa shape index (κ1) is 16.0. The maximum Gasteiger partial charge on any atom is 0.293 e. The quantitative estimate of drug-likeness (QED) is 0.837. The first-order chi connectivity index (χ1) is 10.2. The Morgan fingerprint density at radius 2 is 2.10 bits per heavy atom. The standard InChI is InChI=1S/C16H28N4O/c1-3-8-20-11-7-17-15(16(20)21)18-12-14(2)13-19-9-5-4-6-10-19/h7,11,14H,3-6,8-10,12-13H2,1-2H3,(H,17,18). The van der Waals surface area contributed by atoms with E-state index >= 15 is 0 Å². The molecule has 0 aliphatic carbocycles. The lowest BCUT2D eigenvalue weighted by molar-refractivity contribution is 0.204. The summed E-state index contributed by atoms with van der Waals surface area (Å²) < 4.78 is 1.73. The van der Waals surface area contributed by atoms with E-state index in [0.717, 1.165) is 26.1 Å². The first-order valence-corrected chi connectivity index (χ1v) is 8.22. The number of hydrogen-bond acceptors (Lipinski definition) is 4. The molecule has 5 nitrogen and oxygen atoms in total. The molecule has 5 heteroatoms. The lowest BCUT2D eigenvalue weighted by Gasteiger charge is -2.29. The highest BCUT2D eigenvalue weighted by Gasteiger charge is 2.14. The molecule has 118 valence electrons. The second kappa shape index (κ2) is 8.17. The van der Waals surface area contributed by atoms with Crippen LogP contribution in [0.5, 0.6) is 0 Å². The van der Waals surface area contributed by atoms with Crippen molar-refractivity contribution in [3.63, 3.8) is 0 Å². The predicted molar refractivity (Wildman–Crippen MR) is 86.7 cm³/mol. The largest absolute Gasteiger partial charge is 0.365 e. The summed E-state index contributed by atoms with van der Waals surface area (Å²) in [5.74, 6) is 1.00. The summed E-state index contributed by atoms with van der Waals surface area (Å²) in [7, 11) is 0. The number of aromatic nitrogens is 2. The third-order valence-electron chi connectivity index (χ3n) is 4.01. The number of hydrogen-bond donors (Lipinski definition) is 1. The van der Waals surface area contributed by atoms with Crippen LogP contribution in [-0.2, 0) is 6.54 Å². The van der Waals surface area contributed by atoms with Crippen LogP contribution < -0.4 is 10.9 Å². The highest BCUT2D eigenvalue weighted by molar-refractivity contribution is 5.30. The Balaban J connectivity index is 1.84. The van der Waals surface area contributed by atoms with E-state index in [1.165, 1.54) is 32.4 Å². The number of anilines is 1. The number of aryl methyl sites for hydroxylation is 1. The first-order valence-electron chi connectivity index (χ1n) is 8.22. The molecule has 0 spiro atoms. The van der Waals surface area contributed by atoms with Gasteiger partial charge in [0.2, 0.25) is 0 Å². The minimum Gasteiger partial charge on any atom is -0.365 e. The third kappa shape index (κ3) is 4.84. The molecule has 0 aromatic carbocycles. The molecule has 21 heavy (non-hydrogen) atoms. The van der Waals surface area contributed by atoms with Gasteiger partial charge in [-0.3, -0.25) is 4.79 Å². The molecule has 1 N–H and O–H groups in total. The van der Waals surface area contributed by atoms with E-state index in [2.05, 4.69) is 29.0 Å². The highest BCUT2D eigenvalue weighted by Crippen LogP contribution is 2.11. The van der Waals surface area contributed by atoms with Crippen LogP contribution in [0.15, 0.2) is 17.2 Å². The van der Waals surface area contributed by atoms with Gasteiger partial charge in [0.1, 0.15) is 0 Å². The number of rotatable bonds is 7. The van der Waals surface area contributed by atoms with Gasteiger partial charge in [-0.1, -0.05) is 20.3 Å². The van der Waals surface area contributed by atoms with Crippen molar-refractivity contribution in [2.45, 2.75) is 46.1 Å². The van der Waals surface area contributed by atoms with Gasteiger partial charge in [-0.25, -0.2) is 4.98 Å². The fourth-order valence-electron chi connectivity index (χ4n) is 2.90. The van der Waals surface area contributed by atoms with Crippen molar-refractivity contribution in [3.05, 3.63) is 22.7 Å². The molecule has 2 heterocycles. The van der Waals surface area contributed by atoms with Crippen LogP contribution in [0.1, 0.15) is 39.5 Å². The maximum absolute atomic E-state index is 12.2. The summed E-state index contributed by atoms with van der Waals surface area (Å²) in [5, 5.41) is 3.23. The number of piperidine rings is 1. The Labute approximate surface area is 127 Å². The minimum atomic E-state index is -0.00970. The summed E-state index contributed by atoms with van der Waals surface area (Å²) >= 11 is 0. The van der Waals surface area contributed by atoms with E-state index in [1.54, 1.807) is 17.0 Å². The predicted octanol–water partition coefficient (Wildman–Crippen LogP) is 2.19. The Bertz CT molecular complexity index is 479. The van der Waals surface area contributed by atoms with E-state index in [1.807, 2.05) is 0 Å². The molecule has 1 aromatic rings. The Hall–Kier alpha value is -1.36.